The van der Waals surface area contributed by atoms with E-state index < -0.39 is 0 Å². The normalized spacial score (nSPS) is 16.4. The summed E-state index contributed by atoms with van der Waals surface area (Å²) in [5, 5.41) is 2.82. The van der Waals surface area contributed by atoms with E-state index in [1.54, 1.807) is 4.90 Å². The number of carbonyl (C=O) groups is 3. The summed E-state index contributed by atoms with van der Waals surface area (Å²) in [6.45, 7) is 2.75. The number of nitrogens with one attached hydrogen (secondary N) is 1. The SMILES string of the molecule is CC(=O)CCC(=O)N1CCC(NC(=O)CCl)CC1. The van der Waals surface area contributed by atoms with Crippen LogP contribution in [0.25, 0.3) is 0 Å². The third-order valence-corrected chi connectivity index (χ3v) is 3.27. The van der Waals surface area contributed by atoms with E-state index in [0.717, 1.165) is 12.8 Å². The lowest BCUT2D eigenvalue weighted by atomic mass is 10.0. The Kier molecular flexibility index (Phi) is 6.12. The lowest BCUT2D eigenvalue weighted by Gasteiger charge is -2.32. The molecule has 102 valence electrons. The van der Waals surface area contributed by atoms with Crippen LogP contribution in [0.1, 0.15) is 32.6 Å². The maximum atomic E-state index is 11.8. The highest BCUT2D eigenvalue weighted by Gasteiger charge is 2.23. The molecule has 2 amide bonds. The molecule has 0 saturated carbocycles. The predicted molar refractivity (Wildman–Crippen MR) is 68.4 cm³/mol. The summed E-state index contributed by atoms with van der Waals surface area (Å²) in [4.78, 5) is 35.4. The fourth-order valence-electron chi connectivity index (χ4n) is 1.98. The van der Waals surface area contributed by atoms with Gasteiger partial charge in [-0.05, 0) is 19.8 Å². The summed E-state index contributed by atoms with van der Waals surface area (Å²) in [6, 6.07) is 0.105. The average Bonchev–Trinajstić information content (AvgIpc) is 2.36. The summed E-state index contributed by atoms with van der Waals surface area (Å²) in [5.74, 6) is -0.143. The molecule has 5 nitrogen and oxygen atoms in total. The highest BCUT2D eigenvalue weighted by molar-refractivity contribution is 6.27. The van der Waals surface area contributed by atoms with Crippen molar-refractivity contribution in [1.82, 2.24) is 10.2 Å². The third-order valence-electron chi connectivity index (χ3n) is 3.03. The van der Waals surface area contributed by atoms with Crippen molar-refractivity contribution in [2.45, 2.75) is 38.6 Å². The van der Waals surface area contributed by atoms with Gasteiger partial charge in [0.25, 0.3) is 0 Å². The number of ketones is 1. The Morgan fingerprint density at radius 3 is 2.33 bits per heavy atom. The number of nitrogens with zero attached hydrogens (tertiary/aromatic N) is 1. The van der Waals surface area contributed by atoms with Crippen LogP contribution < -0.4 is 5.32 Å². The van der Waals surface area contributed by atoms with E-state index in [2.05, 4.69) is 5.32 Å². The second-order valence-electron chi connectivity index (χ2n) is 4.56. The van der Waals surface area contributed by atoms with Gasteiger partial charge in [0.15, 0.2) is 0 Å². The smallest absolute Gasteiger partial charge is 0.235 e. The molecule has 0 bridgehead atoms. The van der Waals surface area contributed by atoms with E-state index in [1.165, 1.54) is 6.92 Å². The molecule has 0 spiro atoms. The lowest BCUT2D eigenvalue weighted by Crippen LogP contribution is -2.46. The molecule has 1 rings (SSSR count). The zero-order chi connectivity index (χ0) is 13.5. The van der Waals surface area contributed by atoms with Gasteiger partial charge in [0.2, 0.25) is 11.8 Å². The minimum atomic E-state index is -0.168. The molecule has 0 atom stereocenters. The summed E-state index contributed by atoms with van der Waals surface area (Å²) < 4.78 is 0. The van der Waals surface area contributed by atoms with Gasteiger partial charge in [-0.25, -0.2) is 0 Å². The summed E-state index contributed by atoms with van der Waals surface area (Å²) >= 11 is 5.41. The van der Waals surface area contributed by atoms with E-state index in [0.29, 0.717) is 19.5 Å². The second kappa shape index (κ2) is 7.36. The number of halogens is 1. The van der Waals surface area contributed by atoms with Gasteiger partial charge in [-0.15, -0.1) is 11.6 Å². The first kappa shape index (κ1) is 15.0. The van der Waals surface area contributed by atoms with Gasteiger partial charge in [-0.2, -0.15) is 0 Å². The summed E-state index contributed by atoms with van der Waals surface area (Å²) in [6.07, 6.45) is 2.08. The van der Waals surface area contributed by atoms with Crippen LogP contribution in [0.4, 0.5) is 0 Å². The zero-order valence-corrected chi connectivity index (χ0v) is 11.3. The van der Waals surface area contributed by atoms with Crippen LogP contribution in [-0.2, 0) is 14.4 Å². The fraction of sp³-hybridized carbons (Fsp3) is 0.750. The Bertz CT molecular complexity index is 325. The van der Waals surface area contributed by atoms with Gasteiger partial charge in [0.1, 0.15) is 11.7 Å². The van der Waals surface area contributed by atoms with Crippen LogP contribution >= 0.6 is 11.6 Å². The molecule has 1 saturated heterocycles. The molecule has 1 aliphatic heterocycles. The van der Waals surface area contributed by atoms with Crippen LogP contribution in [0.15, 0.2) is 0 Å². The van der Waals surface area contributed by atoms with E-state index in [4.69, 9.17) is 11.6 Å². The number of hydrogen-bond donors (Lipinski definition) is 1. The molecule has 0 aromatic rings. The van der Waals surface area contributed by atoms with Crippen molar-refractivity contribution in [3.8, 4) is 0 Å². The topological polar surface area (TPSA) is 66.5 Å². The minimum absolute atomic E-state index is 0.0207. The molecule has 0 aromatic heterocycles. The molecule has 0 aliphatic carbocycles. The van der Waals surface area contributed by atoms with Crippen molar-refractivity contribution in [3.63, 3.8) is 0 Å². The zero-order valence-electron chi connectivity index (χ0n) is 10.6. The lowest BCUT2D eigenvalue weighted by molar-refractivity contribution is -0.134. The van der Waals surface area contributed by atoms with Crippen LogP contribution in [0.2, 0.25) is 0 Å². The quantitative estimate of drug-likeness (QED) is 0.751. The number of carbonyl (C=O) groups excluding carboxylic acids is 3. The number of rotatable bonds is 5. The van der Waals surface area contributed by atoms with Crippen LogP contribution in [0.5, 0.6) is 0 Å². The second-order valence-corrected chi connectivity index (χ2v) is 4.83. The maximum Gasteiger partial charge on any atom is 0.235 e. The molecular formula is C12H19ClN2O3. The van der Waals surface area contributed by atoms with E-state index in [9.17, 15) is 14.4 Å². The molecule has 1 fully saturated rings. The average molecular weight is 275 g/mol. The molecule has 0 radical (unpaired) electrons. The van der Waals surface area contributed by atoms with Gasteiger partial charge in [-0.3, -0.25) is 9.59 Å². The number of Topliss-reactive ketones (excluding diaryl/α,β-unsaturated/α-hetero) is 1. The molecule has 1 heterocycles. The molecule has 0 unspecified atom stereocenters. The van der Waals surface area contributed by atoms with Gasteiger partial charge in [0.05, 0.1) is 0 Å². The van der Waals surface area contributed by atoms with Crippen molar-refractivity contribution < 1.29 is 14.4 Å². The van der Waals surface area contributed by atoms with Crippen LogP contribution in [0, 0.1) is 0 Å². The number of piperidine rings is 1. The van der Waals surface area contributed by atoms with Gasteiger partial charge >= 0.3 is 0 Å². The standard InChI is InChI=1S/C12H19ClN2O3/c1-9(16)2-3-12(18)15-6-4-10(5-7-15)14-11(17)8-13/h10H,2-8H2,1H3,(H,14,17). The number of likely N-dealkylation sites (tertiary alicyclic amines) is 1. The molecule has 1 aliphatic rings. The first-order chi connectivity index (χ1) is 8.52. The summed E-state index contributed by atoms with van der Waals surface area (Å²) in [5.41, 5.74) is 0. The van der Waals surface area contributed by atoms with Crippen LogP contribution in [0.3, 0.4) is 0 Å². The van der Waals surface area contributed by atoms with Gasteiger partial charge in [-0.1, -0.05) is 0 Å². The number of amides is 2. The fourth-order valence-corrected chi connectivity index (χ4v) is 2.06. The maximum absolute atomic E-state index is 11.8. The minimum Gasteiger partial charge on any atom is -0.352 e. The Hall–Kier alpha value is -1.10. The molecular weight excluding hydrogens is 256 g/mol. The first-order valence-corrected chi connectivity index (χ1v) is 6.69. The van der Waals surface area contributed by atoms with Crippen molar-refractivity contribution >= 4 is 29.2 Å². The number of alkyl halides is 1. The van der Waals surface area contributed by atoms with Crippen molar-refractivity contribution in [1.29, 1.82) is 0 Å². The van der Waals surface area contributed by atoms with Gasteiger partial charge in [0, 0.05) is 32.0 Å². The highest BCUT2D eigenvalue weighted by atomic mass is 35.5. The van der Waals surface area contributed by atoms with Crippen molar-refractivity contribution in [2.24, 2.45) is 0 Å². The van der Waals surface area contributed by atoms with E-state index in [-0.39, 0.29) is 35.9 Å². The molecule has 0 aromatic carbocycles. The van der Waals surface area contributed by atoms with Crippen LogP contribution in [-0.4, -0.2) is 47.5 Å². The highest BCUT2D eigenvalue weighted by Crippen LogP contribution is 2.12. The largest absolute Gasteiger partial charge is 0.352 e. The predicted octanol–water partition coefficient (Wildman–Crippen LogP) is 0.702. The summed E-state index contributed by atoms with van der Waals surface area (Å²) in [7, 11) is 0. The molecule has 6 heteroatoms. The Morgan fingerprint density at radius 2 is 1.83 bits per heavy atom. The van der Waals surface area contributed by atoms with E-state index in [1.807, 2.05) is 0 Å². The Morgan fingerprint density at radius 1 is 1.22 bits per heavy atom. The van der Waals surface area contributed by atoms with Crippen molar-refractivity contribution in [3.05, 3.63) is 0 Å². The van der Waals surface area contributed by atoms with E-state index >= 15 is 0 Å². The third kappa shape index (κ3) is 5.04. The van der Waals surface area contributed by atoms with Crippen molar-refractivity contribution in [2.75, 3.05) is 19.0 Å². The molecule has 1 N–H and O–H groups in total. The Labute approximate surface area is 112 Å². The molecule has 18 heavy (non-hydrogen) atoms. The Balaban J connectivity index is 2.28. The van der Waals surface area contributed by atoms with Gasteiger partial charge < -0.3 is 15.0 Å². The first-order valence-electron chi connectivity index (χ1n) is 6.15. The number of hydrogen-bond acceptors (Lipinski definition) is 3. The monoisotopic (exact) mass is 274 g/mol.